The van der Waals surface area contributed by atoms with Crippen LogP contribution in [0.15, 0.2) is 18.2 Å². The number of ether oxygens (including phenoxy) is 2. The fraction of sp³-hybridized carbons (Fsp3) is 0.500. The van der Waals surface area contributed by atoms with Crippen molar-refractivity contribution in [3.05, 3.63) is 18.2 Å². The number of carbonyl (C=O) groups is 2. The van der Waals surface area contributed by atoms with Crippen molar-refractivity contribution >= 4 is 33.3 Å². The standard InChI is InChI=1S/C16H22BrNO4/c1-3-8-21-13-6-5-7-14(22-9-4-2)16(13)18-15(20)10-12(19)11-17/h5-7H,3-4,8-11H2,1-2H3,(H,18,20). The smallest absolute Gasteiger partial charge is 0.232 e. The van der Waals surface area contributed by atoms with E-state index in [-0.39, 0.29) is 23.4 Å². The molecule has 0 radical (unpaired) electrons. The second-order valence-electron chi connectivity index (χ2n) is 4.72. The largest absolute Gasteiger partial charge is 0.491 e. The first-order valence-electron chi connectivity index (χ1n) is 7.38. The van der Waals surface area contributed by atoms with Gasteiger partial charge in [-0.1, -0.05) is 35.8 Å². The molecule has 1 amide bonds. The third-order valence-corrected chi connectivity index (χ3v) is 3.31. The van der Waals surface area contributed by atoms with Crippen LogP contribution in [0.25, 0.3) is 0 Å². The topological polar surface area (TPSA) is 64.6 Å². The average molecular weight is 372 g/mol. The first kappa shape index (κ1) is 18.5. The molecular formula is C16H22BrNO4. The second kappa shape index (κ2) is 10.2. The van der Waals surface area contributed by atoms with Gasteiger partial charge in [-0.2, -0.15) is 0 Å². The maximum absolute atomic E-state index is 12.0. The molecule has 0 aliphatic carbocycles. The van der Waals surface area contributed by atoms with Crippen molar-refractivity contribution in [2.45, 2.75) is 33.1 Å². The van der Waals surface area contributed by atoms with Gasteiger partial charge in [-0.15, -0.1) is 0 Å². The zero-order valence-corrected chi connectivity index (χ0v) is 14.6. The van der Waals surface area contributed by atoms with E-state index in [0.717, 1.165) is 12.8 Å². The molecule has 0 spiro atoms. The predicted molar refractivity (Wildman–Crippen MR) is 90.1 cm³/mol. The number of hydrogen-bond acceptors (Lipinski definition) is 4. The summed E-state index contributed by atoms with van der Waals surface area (Å²) in [5.41, 5.74) is 0.483. The summed E-state index contributed by atoms with van der Waals surface area (Å²) in [6, 6.07) is 5.36. The molecule has 5 nitrogen and oxygen atoms in total. The van der Waals surface area contributed by atoms with Gasteiger partial charge in [0, 0.05) is 0 Å². The molecule has 6 heteroatoms. The van der Waals surface area contributed by atoms with Gasteiger partial charge in [0.15, 0.2) is 5.78 Å². The summed E-state index contributed by atoms with van der Waals surface area (Å²) in [5, 5.41) is 2.89. The van der Waals surface area contributed by atoms with E-state index in [4.69, 9.17) is 9.47 Å². The van der Waals surface area contributed by atoms with E-state index in [1.807, 2.05) is 19.9 Å². The SMILES string of the molecule is CCCOc1cccc(OCCC)c1NC(=O)CC(=O)CBr. The van der Waals surface area contributed by atoms with Crippen molar-refractivity contribution < 1.29 is 19.1 Å². The Labute approximate surface area is 139 Å². The number of nitrogens with one attached hydrogen (secondary N) is 1. The first-order chi connectivity index (χ1) is 10.6. The van der Waals surface area contributed by atoms with E-state index in [1.54, 1.807) is 12.1 Å². The number of halogens is 1. The molecule has 1 aromatic carbocycles. The molecule has 0 saturated heterocycles. The molecule has 0 aliphatic rings. The minimum Gasteiger partial charge on any atom is -0.491 e. The molecule has 22 heavy (non-hydrogen) atoms. The fourth-order valence-electron chi connectivity index (χ4n) is 1.71. The van der Waals surface area contributed by atoms with Gasteiger partial charge in [-0.25, -0.2) is 0 Å². The molecule has 0 aliphatic heterocycles. The Morgan fingerprint density at radius 3 is 2.09 bits per heavy atom. The third kappa shape index (κ3) is 6.05. The van der Waals surface area contributed by atoms with E-state index in [0.29, 0.717) is 30.4 Å². The zero-order valence-electron chi connectivity index (χ0n) is 13.0. The van der Waals surface area contributed by atoms with Crippen LogP contribution in [0.2, 0.25) is 0 Å². The fourth-order valence-corrected chi connectivity index (χ4v) is 1.91. The van der Waals surface area contributed by atoms with Crippen molar-refractivity contribution in [1.29, 1.82) is 0 Å². The summed E-state index contributed by atoms with van der Waals surface area (Å²) >= 11 is 3.05. The molecular weight excluding hydrogens is 350 g/mol. The molecule has 0 heterocycles. The Morgan fingerprint density at radius 2 is 1.64 bits per heavy atom. The van der Waals surface area contributed by atoms with Crippen LogP contribution >= 0.6 is 15.9 Å². The molecule has 0 aromatic heterocycles. The van der Waals surface area contributed by atoms with E-state index >= 15 is 0 Å². The van der Waals surface area contributed by atoms with Crippen LogP contribution in [0.4, 0.5) is 5.69 Å². The van der Waals surface area contributed by atoms with Crippen molar-refractivity contribution in [2.24, 2.45) is 0 Å². The number of benzene rings is 1. The lowest BCUT2D eigenvalue weighted by Gasteiger charge is -2.16. The summed E-state index contributed by atoms with van der Waals surface area (Å²) in [6.07, 6.45) is 1.53. The summed E-state index contributed by atoms with van der Waals surface area (Å²) in [5.74, 6) is 0.545. The number of alkyl halides is 1. The Balaban J connectivity index is 2.94. The molecule has 0 saturated carbocycles. The van der Waals surface area contributed by atoms with Crippen molar-refractivity contribution in [3.63, 3.8) is 0 Å². The van der Waals surface area contributed by atoms with Crippen molar-refractivity contribution in [1.82, 2.24) is 0 Å². The van der Waals surface area contributed by atoms with E-state index in [1.165, 1.54) is 0 Å². The van der Waals surface area contributed by atoms with Crippen LogP contribution in [0.1, 0.15) is 33.1 Å². The maximum atomic E-state index is 12.0. The second-order valence-corrected chi connectivity index (χ2v) is 5.28. The van der Waals surface area contributed by atoms with Gasteiger partial charge in [0.1, 0.15) is 17.2 Å². The molecule has 1 rings (SSSR count). The van der Waals surface area contributed by atoms with Gasteiger partial charge in [-0.05, 0) is 25.0 Å². The molecule has 0 atom stereocenters. The molecule has 122 valence electrons. The number of rotatable bonds is 10. The number of anilines is 1. The lowest BCUT2D eigenvalue weighted by atomic mass is 10.2. The predicted octanol–water partition coefficient (Wildman–Crippen LogP) is 3.56. The molecule has 0 bridgehead atoms. The molecule has 0 unspecified atom stereocenters. The maximum Gasteiger partial charge on any atom is 0.232 e. The van der Waals surface area contributed by atoms with Crippen LogP contribution in [-0.4, -0.2) is 30.2 Å². The normalized spacial score (nSPS) is 10.1. The highest BCUT2D eigenvalue weighted by molar-refractivity contribution is 9.09. The Hall–Kier alpha value is -1.56. The number of amides is 1. The quantitative estimate of drug-likeness (QED) is 0.504. The first-order valence-corrected chi connectivity index (χ1v) is 8.50. The molecule has 0 fully saturated rings. The number of ketones is 1. The number of para-hydroxylation sites is 1. The van der Waals surface area contributed by atoms with Crippen LogP contribution in [0.3, 0.4) is 0 Å². The van der Waals surface area contributed by atoms with Crippen LogP contribution in [0.5, 0.6) is 11.5 Å². The Kier molecular flexibility index (Phi) is 8.58. The van der Waals surface area contributed by atoms with E-state index < -0.39 is 0 Å². The third-order valence-electron chi connectivity index (χ3n) is 2.68. The van der Waals surface area contributed by atoms with Gasteiger partial charge in [-0.3, -0.25) is 9.59 Å². The summed E-state index contributed by atoms with van der Waals surface area (Å²) in [4.78, 5) is 23.3. The molecule has 1 N–H and O–H groups in total. The van der Waals surface area contributed by atoms with Gasteiger partial charge in [0.2, 0.25) is 5.91 Å². The van der Waals surface area contributed by atoms with Crippen LogP contribution in [-0.2, 0) is 9.59 Å². The average Bonchev–Trinajstić information content (AvgIpc) is 2.52. The lowest BCUT2D eigenvalue weighted by molar-refractivity contribution is -0.123. The minimum atomic E-state index is -0.377. The van der Waals surface area contributed by atoms with E-state index in [9.17, 15) is 9.59 Å². The minimum absolute atomic E-state index is 0.160. The van der Waals surface area contributed by atoms with Gasteiger partial charge < -0.3 is 14.8 Å². The highest BCUT2D eigenvalue weighted by Gasteiger charge is 2.16. The van der Waals surface area contributed by atoms with E-state index in [2.05, 4.69) is 21.2 Å². The monoisotopic (exact) mass is 371 g/mol. The Morgan fingerprint density at radius 1 is 1.09 bits per heavy atom. The van der Waals surface area contributed by atoms with Gasteiger partial charge in [0.05, 0.1) is 25.0 Å². The number of Topliss-reactive ketones (excluding diaryl/α,β-unsaturated/α-hetero) is 1. The Bertz CT molecular complexity index is 479. The van der Waals surface area contributed by atoms with Crippen LogP contribution in [0, 0.1) is 0 Å². The van der Waals surface area contributed by atoms with Gasteiger partial charge >= 0.3 is 0 Å². The van der Waals surface area contributed by atoms with Crippen LogP contribution < -0.4 is 14.8 Å². The van der Waals surface area contributed by atoms with Gasteiger partial charge in [0.25, 0.3) is 0 Å². The highest BCUT2D eigenvalue weighted by atomic mass is 79.9. The highest BCUT2D eigenvalue weighted by Crippen LogP contribution is 2.35. The summed E-state index contributed by atoms with van der Waals surface area (Å²) < 4.78 is 11.3. The number of hydrogen-bond donors (Lipinski definition) is 1. The zero-order chi connectivity index (χ0) is 16.4. The summed E-state index contributed by atoms with van der Waals surface area (Å²) in [6.45, 7) is 5.09. The lowest BCUT2D eigenvalue weighted by Crippen LogP contribution is -2.18. The van der Waals surface area contributed by atoms with Crippen molar-refractivity contribution in [2.75, 3.05) is 23.9 Å². The molecule has 1 aromatic rings. The summed E-state index contributed by atoms with van der Waals surface area (Å²) in [7, 11) is 0. The van der Waals surface area contributed by atoms with Crippen molar-refractivity contribution in [3.8, 4) is 11.5 Å². The number of carbonyl (C=O) groups excluding carboxylic acids is 2.